The van der Waals surface area contributed by atoms with Gasteiger partial charge in [-0.3, -0.25) is 4.79 Å². The zero-order valence-electron chi connectivity index (χ0n) is 12.4. The third kappa shape index (κ3) is 2.48. The van der Waals surface area contributed by atoms with E-state index < -0.39 is 5.91 Å². The van der Waals surface area contributed by atoms with Gasteiger partial charge in [-0.15, -0.1) is 10.2 Å². The second kappa shape index (κ2) is 5.31. The van der Waals surface area contributed by atoms with Crippen LogP contribution in [-0.2, 0) is 0 Å². The van der Waals surface area contributed by atoms with Crippen LogP contribution in [-0.4, -0.2) is 25.7 Å². The summed E-state index contributed by atoms with van der Waals surface area (Å²) < 4.78 is 2.06. The number of nitrogens with two attached hydrogens (primary N) is 1. The van der Waals surface area contributed by atoms with Crippen LogP contribution in [0.25, 0.3) is 22.8 Å². The molecule has 3 aromatic rings. The molecule has 0 radical (unpaired) electrons. The number of nitrogens with zero attached hydrogens (tertiary/aromatic N) is 4. The number of benzene rings is 1. The molecule has 114 valence electrons. The number of carbonyl (C=O) groups is 1. The Morgan fingerprint density at radius 3 is 2.65 bits per heavy atom. The minimum absolute atomic E-state index is 0.459. The minimum atomic E-state index is -0.464. The predicted molar refractivity (Wildman–Crippen MR) is 85.5 cm³/mol. The van der Waals surface area contributed by atoms with E-state index >= 15 is 0 Å². The van der Waals surface area contributed by atoms with Crippen molar-refractivity contribution in [1.29, 1.82) is 0 Å². The molecule has 4 rings (SSSR count). The van der Waals surface area contributed by atoms with Crippen molar-refractivity contribution in [1.82, 2.24) is 19.7 Å². The Balaban J connectivity index is 1.81. The molecule has 0 atom stereocenters. The summed E-state index contributed by atoms with van der Waals surface area (Å²) in [6.07, 6.45) is 4.04. The number of aromatic nitrogens is 4. The highest BCUT2D eigenvalue weighted by Gasteiger charge is 2.27. The van der Waals surface area contributed by atoms with Crippen LogP contribution in [0.5, 0.6) is 0 Å². The minimum Gasteiger partial charge on any atom is -0.366 e. The van der Waals surface area contributed by atoms with Gasteiger partial charge in [0.15, 0.2) is 5.82 Å². The fourth-order valence-electron chi connectivity index (χ4n) is 2.68. The van der Waals surface area contributed by atoms with E-state index in [-0.39, 0.29) is 0 Å². The highest BCUT2D eigenvalue weighted by Crippen LogP contribution is 2.37. The van der Waals surface area contributed by atoms with Crippen LogP contribution in [0.15, 0.2) is 48.8 Å². The number of hydrogen-bond acceptors (Lipinski definition) is 4. The fraction of sp³-hybridized carbons (Fsp3) is 0.176. The van der Waals surface area contributed by atoms with Crippen LogP contribution in [0.3, 0.4) is 0 Å². The van der Waals surface area contributed by atoms with Gasteiger partial charge in [0, 0.05) is 17.2 Å². The van der Waals surface area contributed by atoms with Crippen LogP contribution in [0.2, 0.25) is 0 Å². The van der Waals surface area contributed by atoms with Gasteiger partial charge in [-0.05, 0) is 31.0 Å². The Morgan fingerprint density at radius 2 is 1.87 bits per heavy atom. The van der Waals surface area contributed by atoms with E-state index in [9.17, 15) is 4.79 Å². The quantitative estimate of drug-likeness (QED) is 0.802. The summed E-state index contributed by atoms with van der Waals surface area (Å²) in [4.78, 5) is 16.3. The van der Waals surface area contributed by atoms with E-state index in [1.807, 2.05) is 30.3 Å². The van der Waals surface area contributed by atoms with E-state index in [0.29, 0.717) is 17.3 Å². The average Bonchev–Trinajstić information content (AvgIpc) is 3.31. The lowest BCUT2D eigenvalue weighted by atomic mass is 10.0. The first kappa shape index (κ1) is 13.6. The van der Waals surface area contributed by atoms with Gasteiger partial charge in [0.05, 0.1) is 5.69 Å². The van der Waals surface area contributed by atoms with Gasteiger partial charge >= 0.3 is 0 Å². The molecule has 1 aromatic carbocycles. The SMILES string of the molecule is NC(=O)c1ccccc1-c1cccc(-c2nncn2C2CC2)n1. The van der Waals surface area contributed by atoms with Gasteiger partial charge in [0.1, 0.15) is 12.0 Å². The zero-order chi connectivity index (χ0) is 15.8. The second-order valence-corrected chi connectivity index (χ2v) is 5.61. The summed E-state index contributed by atoms with van der Waals surface area (Å²) >= 11 is 0. The second-order valence-electron chi connectivity index (χ2n) is 5.61. The van der Waals surface area contributed by atoms with Crippen LogP contribution in [0.4, 0.5) is 0 Å². The molecule has 1 aliphatic rings. The van der Waals surface area contributed by atoms with Crippen molar-refractivity contribution in [3.05, 3.63) is 54.4 Å². The Labute approximate surface area is 133 Å². The third-order valence-corrected chi connectivity index (χ3v) is 3.96. The largest absolute Gasteiger partial charge is 0.366 e. The van der Waals surface area contributed by atoms with Crippen molar-refractivity contribution in [3.63, 3.8) is 0 Å². The molecule has 1 aliphatic carbocycles. The maximum Gasteiger partial charge on any atom is 0.249 e. The Hall–Kier alpha value is -3.02. The molecular weight excluding hydrogens is 290 g/mol. The van der Waals surface area contributed by atoms with E-state index in [1.165, 1.54) is 0 Å². The van der Waals surface area contributed by atoms with Gasteiger partial charge in [-0.25, -0.2) is 4.98 Å². The van der Waals surface area contributed by atoms with Crippen LogP contribution in [0, 0.1) is 0 Å². The Morgan fingerprint density at radius 1 is 1.09 bits per heavy atom. The van der Waals surface area contributed by atoms with Crippen molar-refractivity contribution in [2.75, 3.05) is 0 Å². The smallest absolute Gasteiger partial charge is 0.249 e. The number of amides is 1. The number of primary amides is 1. The van der Waals surface area contributed by atoms with E-state index in [0.717, 1.165) is 29.9 Å². The molecule has 0 saturated heterocycles. The maximum atomic E-state index is 11.6. The van der Waals surface area contributed by atoms with Crippen LogP contribution >= 0.6 is 0 Å². The van der Waals surface area contributed by atoms with E-state index in [4.69, 9.17) is 5.73 Å². The van der Waals surface area contributed by atoms with Crippen molar-refractivity contribution in [2.24, 2.45) is 5.73 Å². The number of carbonyl (C=O) groups excluding carboxylic acids is 1. The monoisotopic (exact) mass is 305 g/mol. The van der Waals surface area contributed by atoms with Gasteiger partial charge in [0.25, 0.3) is 0 Å². The Bertz CT molecular complexity index is 882. The lowest BCUT2D eigenvalue weighted by molar-refractivity contribution is 0.100. The summed E-state index contributed by atoms with van der Waals surface area (Å²) in [5, 5.41) is 8.21. The number of rotatable bonds is 4. The van der Waals surface area contributed by atoms with Gasteiger partial charge in [-0.1, -0.05) is 24.3 Å². The summed E-state index contributed by atoms with van der Waals surface area (Å²) in [5.41, 5.74) is 8.08. The maximum absolute atomic E-state index is 11.6. The first-order valence-electron chi connectivity index (χ1n) is 7.50. The molecular formula is C17H15N5O. The molecule has 6 heteroatoms. The van der Waals surface area contributed by atoms with Gasteiger partial charge < -0.3 is 10.3 Å². The molecule has 23 heavy (non-hydrogen) atoms. The molecule has 6 nitrogen and oxygen atoms in total. The van der Waals surface area contributed by atoms with E-state index in [1.54, 1.807) is 18.5 Å². The third-order valence-electron chi connectivity index (χ3n) is 3.96. The molecule has 0 unspecified atom stereocenters. The molecule has 2 heterocycles. The first-order chi connectivity index (χ1) is 11.2. The molecule has 0 aliphatic heterocycles. The first-order valence-corrected chi connectivity index (χ1v) is 7.50. The molecule has 1 fully saturated rings. The molecule has 1 saturated carbocycles. The summed E-state index contributed by atoms with van der Waals surface area (Å²) in [6, 6.07) is 13.4. The number of hydrogen-bond donors (Lipinski definition) is 1. The van der Waals surface area contributed by atoms with Crippen molar-refractivity contribution in [3.8, 4) is 22.8 Å². The lowest BCUT2D eigenvalue weighted by Crippen LogP contribution is -2.12. The Kier molecular flexibility index (Phi) is 3.15. The predicted octanol–water partition coefficient (Wildman–Crippen LogP) is 2.44. The van der Waals surface area contributed by atoms with Crippen molar-refractivity contribution in [2.45, 2.75) is 18.9 Å². The zero-order valence-corrected chi connectivity index (χ0v) is 12.4. The fourth-order valence-corrected chi connectivity index (χ4v) is 2.68. The topological polar surface area (TPSA) is 86.7 Å². The molecule has 2 N–H and O–H groups in total. The van der Waals surface area contributed by atoms with Gasteiger partial charge in [-0.2, -0.15) is 0 Å². The standard InChI is InChI=1S/C17H15N5O/c18-16(23)13-5-2-1-4-12(13)14-6-3-7-15(20-14)17-21-19-10-22(17)11-8-9-11/h1-7,10-11H,8-9H2,(H2,18,23). The molecule has 2 aromatic heterocycles. The normalized spacial score (nSPS) is 13.9. The van der Waals surface area contributed by atoms with Crippen LogP contribution in [0.1, 0.15) is 29.2 Å². The van der Waals surface area contributed by atoms with Crippen LogP contribution < -0.4 is 5.73 Å². The molecule has 1 amide bonds. The van der Waals surface area contributed by atoms with Gasteiger partial charge in [0.2, 0.25) is 5.91 Å². The summed E-state index contributed by atoms with van der Waals surface area (Å²) in [7, 11) is 0. The number of pyridine rings is 1. The lowest BCUT2D eigenvalue weighted by Gasteiger charge is -2.08. The highest BCUT2D eigenvalue weighted by molar-refractivity contribution is 5.99. The molecule has 0 spiro atoms. The molecule has 0 bridgehead atoms. The van der Waals surface area contributed by atoms with Crippen molar-refractivity contribution < 1.29 is 4.79 Å². The average molecular weight is 305 g/mol. The van der Waals surface area contributed by atoms with Crippen molar-refractivity contribution >= 4 is 5.91 Å². The van der Waals surface area contributed by atoms with E-state index in [2.05, 4.69) is 19.7 Å². The summed E-state index contributed by atoms with van der Waals surface area (Å²) in [5.74, 6) is 0.292. The highest BCUT2D eigenvalue weighted by atomic mass is 16.1. The summed E-state index contributed by atoms with van der Waals surface area (Å²) in [6.45, 7) is 0.